The molecule has 0 bridgehead atoms. The molecule has 2 aromatic heterocycles. The van der Waals surface area contributed by atoms with Gasteiger partial charge >= 0.3 is 0 Å². The molecular formula is C33H37Cl2N5. The van der Waals surface area contributed by atoms with Crippen molar-refractivity contribution in [3.63, 3.8) is 0 Å². The average Bonchev–Trinajstić information content (AvgIpc) is 3.31. The highest BCUT2D eigenvalue weighted by Crippen LogP contribution is 2.36. The number of anilines is 1. The van der Waals surface area contributed by atoms with Crippen LogP contribution >= 0.6 is 23.2 Å². The summed E-state index contributed by atoms with van der Waals surface area (Å²) in [5, 5.41) is 7.21. The summed E-state index contributed by atoms with van der Waals surface area (Å²) in [5.41, 5.74) is 5.11. The van der Waals surface area contributed by atoms with E-state index >= 15 is 0 Å². The predicted molar refractivity (Wildman–Crippen MR) is 171 cm³/mol. The number of hydrogen-bond donors (Lipinski definition) is 1. The van der Waals surface area contributed by atoms with Crippen LogP contribution in [-0.2, 0) is 6.54 Å². The van der Waals surface area contributed by atoms with Crippen LogP contribution in [0.5, 0.6) is 0 Å². The van der Waals surface area contributed by atoms with E-state index in [1.165, 1.54) is 0 Å². The van der Waals surface area contributed by atoms with Gasteiger partial charge in [0.1, 0.15) is 5.82 Å². The molecule has 1 N–H and O–H groups in total. The van der Waals surface area contributed by atoms with Crippen LogP contribution in [0.2, 0.25) is 10.0 Å². The van der Waals surface area contributed by atoms with E-state index in [9.17, 15) is 0 Å². The maximum atomic E-state index is 6.77. The van der Waals surface area contributed by atoms with Gasteiger partial charge in [0.25, 0.3) is 0 Å². The van der Waals surface area contributed by atoms with Crippen LogP contribution in [0.1, 0.15) is 44.7 Å². The third-order valence-corrected chi connectivity index (χ3v) is 8.19. The topological polar surface area (TPSA) is 46.0 Å². The number of hydrogen-bond acceptors (Lipinski definition) is 4. The lowest BCUT2D eigenvalue weighted by atomic mass is 10.1. The Hall–Kier alpha value is -3.12. The highest BCUT2D eigenvalue weighted by atomic mass is 35.5. The molecule has 5 aromatic rings. The summed E-state index contributed by atoms with van der Waals surface area (Å²) in [6, 6.07) is 20.5. The zero-order chi connectivity index (χ0) is 28.2. The number of aryl methyl sites for hydroxylation is 1. The summed E-state index contributed by atoms with van der Waals surface area (Å²) < 4.78 is 2.17. The summed E-state index contributed by atoms with van der Waals surface area (Å²) in [6.45, 7) is 12.7. The second-order valence-corrected chi connectivity index (χ2v) is 11.4. The summed E-state index contributed by atoms with van der Waals surface area (Å²) in [5.74, 6) is 1.56. The molecule has 7 heteroatoms. The fraction of sp³-hybridized carbons (Fsp3) is 0.333. The van der Waals surface area contributed by atoms with Crippen LogP contribution in [0.15, 0.2) is 66.9 Å². The molecule has 3 aromatic carbocycles. The first-order chi connectivity index (χ1) is 19.4. The Bertz CT molecular complexity index is 1620. The number of halogens is 2. The lowest BCUT2D eigenvalue weighted by molar-refractivity contribution is 0.295. The SMILES string of the molecule is CCN(CC)CCCC(C)Nc1nc(-c2cn(Cc3cccc(Cl)c3)c3c(Cl)cccc23)nc2c(C)cccc12. The van der Waals surface area contributed by atoms with E-state index in [0.29, 0.717) is 17.4 Å². The van der Waals surface area contributed by atoms with Crippen LogP contribution in [0.3, 0.4) is 0 Å². The summed E-state index contributed by atoms with van der Waals surface area (Å²) >= 11 is 13.1. The van der Waals surface area contributed by atoms with Crippen molar-refractivity contribution < 1.29 is 0 Å². The fourth-order valence-corrected chi connectivity index (χ4v) is 5.94. The van der Waals surface area contributed by atoms with Gasteiger partial charge in [0.05, 0.1) is 16.1 Å². The first-order valence-electron chi connectivity index (χ1n) is 14.2. The van der Waals surface area contributed by atoms with Gasteiger partial charge in [-0.05, 0) is 81.7 Å². The minimum absolute atomic E-state index is 0.278. The van der Waals surface area contributed by atoms with Gasteiger partial charge in [-0.2, -0.15) is 0 Å². The van der Waals surface area contributed by atoms with E-state index in [1.54, 1.807) is 0 Å². The van der Waals surface area contributed by atoms with E-state index in [-0.39, 0.29) is 6.04 Å². The number of aromatic nitrogens is 3. The number of nitrogens with one attached hydrogen (secondary N) is 1. The van der Waals surface area contributed by atoms with Gasteiger partial charge in [-0.3, -0.25) is 0 Å². The molecule has 0 radical (unpaired) electrons. The molecule has 2 heterocycles. The summed E-state index contributed by atoms with van der Waals surface area (Å²) in [4.78, 5) is 12.7. The van der Waals surface area contributed by atoms with E-state index in [1.807, 2.05) is 30.3 Å². The minimum atomic E-state index is 0.278. The Morgan fingerprint density at radius 1 is 0.950 bits per heavy atom. The lowest BCUT2D eigenvalue weighted by Gasteiger charge is -2.21. The van der Waals surface area contributed by atoms with Crippen LogP contribution in [0.25, 0.3) is 33.2 Å². The smallest absolute Gasteiger partial charge is 0.164 e. The van der Waals surface area contributed by atoms with E-state index in [4.69, 9.17) is 33.2 Å². The number of para-hydroxylation sites is 2. The number of fused-ring (bicyclic) bond motifs is 2. The van der Waals surface area contributed by atoms with Crippen molar-refractivity contribution in [1.29, 1.82) is 0 Å². The maximum absolute atomic E-state index is 6.77. The van der Waals surface area contributed by atoms with Gasteiger partial charge in [-0.1, -0.05) is 73.4 Å². The second-order valence-electron chi connectivity index (χ2n) is 10.5. The Morgan fingerprint density at radius 3 is 2.48 bits per heavy atom. The van der Waals surface area contributed by atoms with E-state index in [2.05, 4.69) is 79.0 Å². The molecule has 0 saturated heterocycles. The molecule has 0 aliphatic heterocycles. The van der Waals surface area contributed by atoms with Crippen molar-refractivity contribution in [1.82, 2.24) is 19.4 Å². The molecule has 0 fully saturated rings. The Balaban J connectivity index is 1.55. The standard InChI is InChI=1S/C33H37Cl2N5/c1-5-39(6-2)18-10-12-23(4)36-32-27-16-7-11-22(3)30(27)37-33(38-32)28-21-40(20-24-13-8-14-25(34)19-24)31-26(28)15-9-17-29(31)35/h7-9,11,13-17,19,21,23H,5-6,10,12,18,20H2,1-4H3,(H,36,37,38). The first-order valence-corrected chi connectivity index (χ1v) is 14.9. The molecule has 0 amide bonds. The molecule has 0 spiro atoms. The van der Waals surface area contributed by atoms with Crippen molar-refractivity contribution in [2.24, 2.45) is 0 Å². The van der Waals surface area contributed by atoms with Gasteiger partial charge in [-0.25, -0.2) is 9.97 Å². The lowest BCUT2D eigenvalue weighted by Crippen LogP contribution is -2.25. The Kier molecular flexibility index (Phi) is 8.94. The van der Waals surface area contributed by atoms with Gasteiger partial charge in [-0.15, -0.1) is 0 Å². The van der Waals surface area contributed by atoms with Gasteiger partial charge in [0.2, 0.25) is 0 Å². The predicted octanol–water partition coefficient (Wildman–Crippen LogP) is 8.84. The highest BCUT2D eigenvalue weighted by molar-refractivity contribution is 6.35. The van der Waals surface area contributed by atoms with Crippen molar-refractivity contribution in [2.45, 2.75) is 53.1 Å². The van der Waals surface area contributed by atoms with Crippen molar-refractivity contribution >= 4 is 50.8 Å². The number of rotatable bonds is 11. The summed E-state index contributed by atoms with van der Waals surface area (Å²) in [6.07, 6.45) is 4.33. The average molecular weight is 575 g/mol. The summed E-state index contributed by atoms with van der Waals surface area (Å²) in [7, 11) is 0. The van der Waals surface area contributed by atoms with Gasteiger partial charge < -0.3 is 14.8 Å². The minimum Gasteiger partial charge on any atom is -0.367 e. The van der Waals surface area contributed by atoms with Crippen molar-refractivity contribution in [3.05, 3.63) is 88.0 Å². The van der Waals surface area contributed by atoms with Crippen LogP contribution < -0.4 is 5.32 Å². The second kappa shape index (κ2) is 12.6. The molecule has 5 rings (SSSR count). The largest absolute Gasteiger partial charge is 0.367 e. The Labute approximate surface area is 247 Å². The Morgan fingerprint density at radius 2 is 1.70 bits per heavy atom. The molecule has 5 nitrogen and oxygen atoms in total. The van der Waals surface area contributed by atoms with Crippen molar-refractivity contribution in [3.8, 4) is 11.4 Å². The van der Waals surface area contributed by atoms with Gasteiger partial charge in [0, 0.05) is 40.1 Å². The quantitative estimate of drug-likeness (QED) is 0.171. The molecule has 208 valence electrons. The normalized spacial score (nSPS) is 12.5. The first kappa shape index (κ1) is 28.4. The molecule has 1 atom stereocenters. The number of benzene rings is 3. The molecule has 1 unspecified atom stereocenters. The molecule has 40 heavy (non-hydrogen) atoms. The van der Waals surface area contributed by atoms with Crippen LogP contribution in [0.4, 0.5) is 5.82 Å². The molecule has 0 aliphatic rings. The van der Waals surface area contributed by atoms with Gasteiger partial charge in [0.15, 0.2) is 5.82 Å². The van der Waals surface area contributed by atoms with Crippen LogP contribution in [0, 0.1) is 6.92 Å². The maximum Gasteiger partial charge on any atom is 0.164 e. The fourth-order valence-electron chi connectivity index (χ4n) is 5.44. The monoisotopic (exact) mass is 573 g/mol. The third-order valence-electron chi connectivity index (χ3n) is 7.65. The zero-order valence-corrected chi connectivity index (χ0v) is 25.2. The number of nitrogens with zero attached hydrogens (tertiary/aromatic N) is 4. The molecule has 0 saturated carbocycles. The third kappa shape index (κ3) is 6.12. The van der Waals surface area contributed by atoms with E-state index < -0.39 is 0 Å². The molecular weight excluding hydrogens is 537 g/mol. The molecule has 0 aliphatic carbocycles. The van der Waals surface area contributed by atoms with E-state index in [0.717, 1.165) is 81.8 Å². The van der Waals surface area contributed by atoms with Crippen molar-refractivity contribution in [2.75, 3.05) is 25.0 Å². The zero-order valence-electron chi connectivity index (χ0n) is 23.7. The van der Waals surface area contributed by atoms with Crippen LogP contribution in [-0.4, -0.2) is 45.1 Å². The highest BCUT2D eigenvalue weighted by Gasteiger charge is 2.19.